The lowest BCUT2D eigenvalue weighted by Crippen LogP contribution is -2.32. The molecule has 0 fully saturated rings. The van der Waals surface area contributed by atoms with Gasteiger partial charge in [-0.2, -0.15) is 5.10 Å². The molecule has 2 aromatic rings. The summed E-state index contributed by atoms with van der Waals surface area (Å²) in [5, 5.41) is 6.45. The summed E-state index contributed by atoms with van der Waals surface area (Å²) in [6, 6.07) is 7.25. The monoisotopic (exact) mass is 287 g/mol. The van der Waals surface area contributed by atoms with E-state index in [0.29, 0.717) is 5.69 Å². The van der Waals surface area contributed by atoms with Crippen molar-refractivity contribution in [1.29, 1.82) is 0 Å². The van der Waals surface area contributed by atoms with Crippen LogP contribution in [0.5, 0.6) is 0 Å². The van der Waals surface area contributed by atoms with Gasteiger partial charge in [0.15, 0.2) is 5.69 Å². The second kappa shape index (κ2) is 6.13. The molecule has 0 saturated heterocycles. The summed E-state index contributed by atoms with van der Waals surface area (Å²) in [5.41, 5.74) is -0.189. The van der Waals surface area contributed by atoms with Crippen molar-refractivity contribution in [2.75, 3.05) is 6.54 Å². The fourth-order valence-corrected chi connectivity index (χ4v) is 1.82. The Kier molecular flexibility index (Phi) is 4.27. The SMILES string of the molecule is C=CCNC(=O)c1nn(-c2ccccc2F)c(C)cc1=O. The van der Waals surface area contributed by atoms with Gasteiger partial charge in [0, 0.05) is 18.3 Å². The molecule has 0 bridgehead atoms. The fourth-order valence-electron chi connectivity index (χ4n) is 1.82. The molecule has 108 valence electrons. The maximum atomic E-state index is 13.8. The number of halogens is 1. The van der Waals surface area contributed by atoms with Crippen molar-refractivity contribution >= 4 is 5.91 Å². The van der Waals surface area contributed by atoms with Crippen molar-refractivity contribution in [2.45, 2.75) is 6.92 Å². The topological polar surface area (TPSA) is 64.0 Å². The number of benzene rings is 1. The molecule has 0 unspecified atom stereocenters. The third kappa shape index (κ3) is 3.05. The molecule has 1 heterocycles. The molecule has 0 aliphatic carbocycles. The van der Waals surface area contributed by atoms with Gasteiger partial charge in [-0.05, 0) is 19.1 Å². The number of amides is 1. The summed E-state index contributed by atoms with van der Waals surface area (Å²) in [6.45, 7) is 5.30. The zero-order valence-corrected chi connectivity index (χ0v) is 11.5. The predicted octanol–water partition coefficient (Wildman–Crippen LogP) is 1.60. The lowest BCUT2D eigenvalue weighted by Gasteiger charge is -2.11. The predicted molar refractivity (Wildman–Crippen MR) is 77.1 cm³/mol. The lowest BCUT2D eigenvalue weighted by molar-refractivity contribution is 0.0950. The Morgan fingerprint density at radius 1 is 1.48 bits per heavy atom. The van der Waals surface area contributed by atoms with Gasteiger partial charge in [0.25, 0.3) is 5.91 Å². The van der Waals surface area contributed by atoms with Gasteiger partial charge in [0.05, 0.1) is 0 Å². The molecular weight excluding hydrogens is 273 g/mol. The van der Waals surface area contributed by atoms with Gasteiger partial charge >= 0.3 is 0 Å². The number of hydrogen-bond donors (Lipinski definition) is 1. The molecule has 1 amide bonds. The summed E-state index contributed by atoms with van der Waals surface area (Å²) in [7, 11) is 0. The first-order valence-electron chi connectivity index (χ1n) is 6.29. The highest BCUT2D eigenvalue weighted by molar-refractivity contribution is 5.92. The van der Waals surface area contributed by atoms with E-state index in [2.05, 4.69) is 17.0 Å². The molecule has 1 N–H and O–H groups in total. The smallest absolute Gasteiger partial charge is 0.276 e. The van der Waals surface area contributed by atoms with Gasteiger partial charge in [0.1, 0.15) is 11.5 Å². The molecular formula is C15H14FN3O2. The van der Waals surface area contributed by atoms with Gasteiger partial charge in [-0.1, -0.05) is 18.2 Å². The van der Waals surface area contributed by atoms with Crippen LogP contribution >= 0.6 is 0 Å². The van der Waals surface area contributed by atoms with Gasteiger partial charge in [-0.15, -0.1) is 6.58 Å². The van der Waals surface area contributed by atoms with Gasteiger partial charge in [0.2, 0.25) is 5.43 Å². The lowest BCUT2D eigenvalue weighted by atomic mass is 10.2. The highest BCUT2D eigenvalue weighted by atomic mass is 19.1. The van der Waals surface area contributed by atoms with E-state index >= 15 is 0 Å². The molecule has 0 aliphatic rings. The van der Waals surface area contributed by atoms with Crippen LogP contribution in [0.25, 0.3) is 5.69 Å². The molecule has 1 aromatic heterocycles. The Hall–Kier alpha value is -2.76. The molecule has 0 atom stereocenters. The normalized spacial score (nSPS) is 10.2. The zero-order valence-electron chi connectivity index (χ0n) is 11.5. The number of rotatable bonds is 4. The minimum absolute atomic E-state index is 0.174. The summed E-state index contributed by atoms with van der Waals surface area (Å²) in [4.78, 5) is 23.7. The molecule has 0 saturated carbocycles. The minimum atomic E-state index is -0.620. The largest absolute Gasteiger partial charge is 0.347 e. The molecule has 2 rings (SSSR count). The molecule has 0 spiro atoms. The first-order chi connectivity index (χ1) is 10.0. The minimum Gasteiger partial charge on any atom is -0.347 e. The van der Waals surface area contributed by atoms with Crippen LogP contribution in [0.15, 0.2) is 47.8 Å². The number of carbonyl (C=O) groups is 1. The third-order valence-electron chi connectivity index (χ3n) is 2.81. The van der Waals surface area contributed by atoms with Crippen molar-refractivity contribution in [2.24, 2.45) is 0 Å². The number of aromatic nitrogens is 2. The van der Waals surface area contributed by atoms with E-state index in [-0.39, 0.29) is 17.9 Å². The van der Waals surface area contributed by atoms with Gasteiger partial charge < -0.3 is 5.32 Å². The van der Waals surface area contributed by atoms with E-state index in [9.17, 15) is 14.0 Å². The van der Waals surface area contributed by atoms with Crippen LogP contribution in [0.3, 0.4) is 0 Å². The van der Waals surface area contributed by atoms with Crippen LogP contribution in [0.1, 0.15) is 16.2 Å². The maximum absolute atomic E-state index is 13.8. The zero-order chi connectivity index (χ0) is 15.4. The van der Waals surface area contributed by atoms with Crippen molar-refractivity contribution < 1.29 is 9.18 Å². The summed E-state index contributed by atoms with van der Waals surface area (Å²) < 4.78 is 15.1. The van der Waals surface area contributed by atoms with E-state index in [0.717, 1.165) is 0 Å². The highest BCUT2D eigenvalue weighted by Gasteiger charge is 2.15. The Balaban J connectivity index is 2.54. The van der Waals surface area contributed by atoms with Crippen molar-refractivity contribution in [3.8, 4) is 5.69 Å². The second-order valence-electron chi connectivity index (χ2n) is 4.36. The highest BCUT2D eigenvalue weighted by Crippen LogP contribution is 2.12. The Bertz CT molecular complexity index is 753. The first-order valence-corrected chi connectivity index (χ1v) is 6.29. The Morgan fingerprint density at radius 3 is 2.86 bits per heavy atom. The van der Waals surface area contributed by atoms with Crippen LogP contribution in [0, 0.1) is 12.7 Å². The quantitative estimate of drug-likeness (QED) is 0.869. The van der Waals surface area contributed by atoms with Gasteiger partial charge in [-0.25, -0.2) is 9.07 Å². The van der Waals surface area contributed by atoms with Gasteiger partial charge in [-0.3, -0.25) is 9.59 Å². The fraction of sp³-hybridized carbons (Fsp3) is 0.133. The standard InChI is InChI=1S/C15H14FN3O2/c1-3-8-17-15(21)14-13(20)9-10(2)19(18-14)12-7-5-4-6-11(12)16/h3-7,9H,1,8H2,2H3,(H,17,21). The summed E-state index contributed by atoms with van der Waals surface area (Å²) >= 11 is 0. The van der Waals surface area contributed by atoms with E-state index in [1.807, 2.05) is 0 Å². The third-order valence-corrected chi connectivity index (χ3v) is 2.81. The summed E-state index contributed by atoms with van der Waals surface area (Å²) in [6.07, 6.45) is 1.49. The molecule has 1 aromatic carbocycles. The molecule has 6 heteroatoms. The number of aryl methyl sites for hydroxylation is 1. The number of para-hydroxylation sites is 1. The average molecular weight is 287 g/mol. The van der Waals surface area contributed by atoms with Crippen molar-refractivity contribution in [3.63, 3.8) is 0 Å². The second-order valence-corrected chi connectivity index (χ2v) is 4.36. The Morgan fingerprint density at radius 2 is 2.19 bits per heavy atom. The summed E-state index contributed by atoms with van der Waals surface area (Å²) in [5.74, 6) is -1.11. The molecule has 21 heavy (non-hydrogen) atoms. The maximum Gasteiger partial charge on any atom is 0.276 e. The van der Waals surface area contributed by atoms with Crippen LogP contribution in [-0.4, -0.2) is 22.2 Å². The van der Waals surface area contributed by atoms with Crippen molar-refractivity contribution in [1.82, 2.24) is 15.1 Å². The number of nitrogens with one attached hydrogen (secondary N) is 1. The average Bonchev–Trinajstić information content (AvgIpc) is 2.46. The number of nitrogens with zero attached hydrogens (tertiary/aromatic N) is 2. The van der Waals surface area contributed by atoms with Crippen LogP contribution < -0.4 is 10.7 Å². The number of hydrogen-bond acceptors (Lipinski definition) is 3. The van der Waals surface area contributed by atoms with Crippen molar-refractivity contribution in [3.05, 3.63) is 70.4 Å². The van der Waals surface area contributed by atoms with E-state index in [4.69, 9.17) is 0 Å². The first kappa shape index (κ1) is 14.6. The van der Waals surface area contributed by atoms with Crippen LogP contribution in [0.2, 0.25) is 0 Å². The van der Waals surface area contributed by atoms with Crippen LogP contribution in [-0.2, 0) is 0 Å². The van der Waals surface area contributed by atoms with E-state index < -0.39 is 17.2 Å². The molecule has 0 radical (unpaired) electrons. The molecule has 0 aliphatic heterocycles. The van der Waals surface area contributed by atoms with Crippen LogP contribution in [0.4, 0.5) is 4.39 Å². The van der Waals surface area contributed by atoms with E-state index in [1.165, 1.54) is 29.0 Å². The molecule has 5 nitrogen and oxygen atoms in total. The Labute approximate surface area is 120 Å². The van der Waals surface area contributed by atoms with E-state index in [1.54, 1.807) is 19.1 Å². The number of carbonyl (C=O) groups excluding carboxylic acids is 1.